The highest BCUT2D eigenvalue weighted by Crippen LogP contribution is 2.14. The minimum atomic E-state index is -3.74. The maximum atomic E-state index is 12.3. The summed E-state index contributed by atoms with van der Waals surface area (Å²) >= 11 is 0. The Morgan fingerprint density at radius 2 is 1.38 bits per heavy atom. The summed E-state index contributed by atoms with van der Waals surface area (Å²) in [5.74, 6) is -1.28. The highest BCUT2D eigenvalue weighted by atomic mass is 32.2. The number of aliphatic carboxylic acids is 1. The zero-order chi connectivity index (χ0) is 16.3. The molecule has 0 saturated carbocycles. The van der Waals surface area contributed by atoms with Crippen molar-refractivity contribution in [1.82, 2.24) is 4.31 Å². The maximum absolute atomic E-state index is 12.3. The Morgan fingerprint density at radius 1 is 0.952 bits per heavy atom. The molecule has 0 saturated heterocycles. The molecule has 1 N–H and O–H groups in total. The van der Waals surface area contributed by atoms with Gasteiger partial charge in [-0.2, -0.15) is 0 Å². The van der Waals surface area contributed by atoms with Gasteiger partial charge in [0.25, 0.3) is 0 Å². The van der Waals surface area contributed by atoms with E-state index in [1.165, 1.54) is 11.2 Å². The predicted octanol–water partition coefficient (Wildman–Crippen LogP) is 3.25. The first kappa shape index (κ1) is 20.4. The third-order valence-electron chi connectivity index (χ3n) is 3.68. The van der Waals surface area contributed by atoms with E-state index >= 15 is 0 Å². The van der Waals surface area contributed by atoms with Gasteiger partial charge in [0, 0.05) is 13.1 Å². The highest BCUT2D eigenvalue weighted by Gasteiger charge is 2.33. The number of carboxylic acid groups (broad SMARTS) is 1. The van der Waals surface area contributed by atoms with Crippen LogP contribution in [-0.2, 0) is 14.8 Å². The van der Waals surface area contributed by atoms with E-state index in [2.05, 4.69) is 13.8 Å². The van der Waals surface area contributed by atoms with Gasteiger partial charge in [0.05, 0.1) is 0 Å². The van der Waals surface area contributed by atoms with Crippen LogP contribution in [-0.4, -0.2) is 42.1 Å². The van der Waals surface area contributed by atoms with Crippen LogP contribution in [0.3, 0.4) is 0 Å². The second-order valence-electron chi connectivity index (χ2n) is 5.55. The summed E-state index contributed by atoms with van der Waals surface area (Å²) in [5.41, 5.74) is 0. The monoisotopic (exact) mass is 321 g/mol. The fourth-order valence-electron chi connectivity index (χ4n) is 2.15. The van der Waals surface area contributed by atoms with Gasteiger partial charge in [-0.25, -0.2) is 12.7 Å². The van der Waals surface area contributed by atoms with Crippen molar-refractivity contribution in [3.63, 3.8) is 0 Å². The van der Waals surface area contributed by atoms with Crippen LogP contribution >= 0.6 is 0 Å². The molecule has 0 aliphatic rings. The quantitative estimate of drug-likeness (QED) is 0.528. The van der Waals surface area contributed by atoms with E-state index in [1.54, 1.807) is 0 Å². The lowest BCUT2D eigenvalue weighted by Gasteiger charge is -2.24. The molecule has 1 atom stereocenters. The van der Waals surface area contributed by atoms with E-state index in [1.807, 2.05) is 0 Å². The number of hydrogen-bond acceptors (Lipinski definition) is 3. The molecule has 126 valence electrons. The first-order chi connectivity index (χ1) is 9.87. The van der Waals surface area contributed by atoms with Crippen LogP contribution in [0.15, 0.2) is 0 Å². The second-order valence-corrected chi connectivity index (χ2v) is 7.80. The third kappa shape index (κ3) is 7.81. The van der Waals surface area contributed by atoms with Crippen molar-refractivity contribution < 1.29 is 18.3 Å². The fourth-order valence-corrected chi connectivity index (χ4v) is 3.62. The molecule has 0 spiro atoms. The first-order valence-electron chi connectivity index (χ1n) is 8.09. The summed E-state index contributed by atoms with van der Waals surface area (Å²) in [6.45, 7) is 6.33. The van der Waals surface area contributed by atoms with Crippen LogP contribution in [0.25, 0.3) is 0 Å². The highest BCUT2D eigenvalue weighted by molar-refractivity contribution is 7.90. The zero-order valence-corrected chi connectivity index (χ0v) is 14.5. The molecule has 1 unspecified atom stereocenters. The lowest BCUT2D eigenvalue weighted by atomic mass is 10.2. The van der Waals surface area contributed by atoms with Gasteiger partial charge in [0.15, 0.2) is 5.25 Å². The molecule has 0 aromatic rings. The summed E-state index contributed by atoms with van der Waals surface area (Å²) in [6, 6.07) is 0. The molecule has 6 heteroatoms. The average molecular weight is 321 g/mol. The lowest BCUT2D eigenvalue weighted by Crippen LogP contribution is -2.42. The molecular formula is C15H31NO4S. The van der Waals surface area contributed by atoms with Gasteiger partial charge in [-0.3, -0.25) is 4.79 Å². The van der Waals surface area contributed by atoms with Crippen LogP contribution in [0.2, 0.25) is 0 Å². The van der Waals surface area contributed by atoms with E-state index in [4.69, 9.17) is 5.11 Å². The molecule has 0 rings (SSSR count). The summed E-state index contributed by atoms with van der Waals surface area (Å²) in [6.07, 6.45) is 7.91. The Morgan fingerprint density at radius 3 is 1.71 bits per heavy atom. The Labute approximate surface area is 129 Å². The molecule has 0 radical (unpaired) electrons. The summed E-state index contributed by atoms with van der Waals surface area (Å²) in [7, 11) is -3.74. The van der Waals surface area contributed by atoms with Crippen LogP contribution in [0, 0.1) is 0 Å². The smallest absolute Gasteiger partial charge is 0.323 e. The molecule has 0 fully saturated rings. The molecular weight excluding hydrogens is 290 g/mol. The third-order valence-corrected chi connectivity index (χ3v) is 5.86. The van der Waals surface area contributed by atoms with Gasteiger partial charge in [0.2, 0.25) is 10.0 Å². The average Bonchev–Trinajstić information content (AvgIpc) is 2.44. The van der Waals surface area contributed by atoms with E-state index < -0.39 is 21.2 Å². The summed E-state index contributed by atoms with van der Waals surface area (Å²) in [4.78, 5) is 11.0. The molecule has 5 nitrogen and oxygen atoms in total. The molecule has 0 aliphatic heterocycles. The van der Waals surface area contributed by atoms with Crippen LogP contribution in [0.4, 0.5) is 0 Å². The molecule has 21 heavy (non-hydrogen) atoms. The number of sulfonamides is 1. The van der Waals surface area contributed by atoms with Gasteiger partial charge >= 0.3 is 5.97 Å². The Bertz CT molecular complexity index is 369. The normalized spacial score (nSPS) is 13.5. The predicted molar refractivity (Wildman–Crippen MR) is 85.9 cm³/mol. The fraction of sp³-hybridized carbons (Fsp3) is 0.933. The standard InChI is InChI=1S/C15H31NO4S/c1-4-6-8-10-12-16(13-11-9-7-5-2)21(19,20)14(3)15(17)18/h14H,4-13H2,1-3H3,(H,17,18). The van der Waals surface area contributed by atoms with Crippen LogP contribution in [0.1, 0.15) is 72.1 Å². The topological polar surface area (TPSA) is 74.7 Å². The number of unbranched alkanes of at least 4 members (excludes halogenated alkanes) is 6. The van der Waals surface area contributed by atoms with Crippen molar-refractivity contribution in [2.75, 3.05) is 13.1 Å². The van der Waals surface area contributed by atoms with Gasteiger partial charge in [-0.15, -0.1) is 0 Å². The molecule has 0 aliphatic carbocycles. The van der Waals surface area contributed by atoms with E-state index in [9.17, 15) is 13.2 Å². The summed E-state index contributed by atoms with van der Waals surface area (Å²) < 4.78 is 26.1. The minimum absolute atomic E-state index is 0.437. The van der Waals surface area contributed by atoms with E-state index in [0.29, 0.717) is 13.1 Å². The lowest BCUT2D eigenvalue weighted by molar-refractivity contribution is -0.136. The largest absolute Gasteiger partial charge is 0.480 e. The minimum Gasteiger partial charge on any atom is -0.480 e. The van der Waals surface area contributed by atoms with Crippen LogP contribution in [0.5, 0.6) is 0 Å². The molecule has 0 amide bonds. The second kappa shape index (κ2) is 11.0. The molecule has 0 heterocycles. The van der Waals surface area contributed by atoms with Gasteiger partial charge in [-0.1, -0.05) is 52.4 Å². The van der Waals surface area contributed by atoms with Crippen LogP contribution < -0.4 is 0 Å². The molecule has 0 aromatic heterocycles. The number of rotatable bonds is 13. The number of nitrogens with zero attached hydrogens (tertiary/aromatic N) is 1. The first-order valence-corrected chi connectivity index (χ1v) is 9.60. The molecule has 0 bridgehead atoms. The molecule has 0 aromatic carbocycles. The van der Waals surface area contributed by atoms with E-state index in [-0.39, 0.29) is 0 Å². The number of carbonyl (C=O) groups is 1. The van der Waals surface area contributed by atoms with Gasteiger partial charge in [0.1, 0.15) is 0 Å². The Balaban J connectivity index is 4.64. The number of carboxylic acids is 1. The van der Waals surface area contributed by atoms with Crippen molar-refractivity contribution in [1.29, 1.82) is 0 Å². The maximum Gasteiger partial charge on any atom is 0.323 e. The van der Waals surface area contributed by atoms with Crippen molar-refractivity contribution in [2.24, 2.45) is 0 Å². The number of hydrogen-bond donors (Lipinski definition) is 1. The Kier molecular flexibility index (Phi) is 10.7. The SMILES string of the molecule is CCCCCCN(CCCCCC)S(=O)(=O)C(C)C(=O)O. The Hall–Kier alpha value is -0.620. The van der Waals surface area contributed by atoms with Crippen molar-refractivity contribution in [3.8, 4) is 0 Å². The van der Waals surface area contributed by atoms with Gasteiger partial charge in [-0.05, 0) is 19.8 Å². The van der Waals surface area contributed by atoms with E-state index in [0.717, 1.165) is 51.4 Å². The van der Waals surface area contributed by atoms with Crippen molar-refractivity contribution >= 4 is 16.0 Å². The zero-order valence-electron chi connectivity index (χ0n) is 13.7. The van der Waals surface area contributed by atoms with Crippen molar-refractivity contribution in [3.05, 3.63) is 0 Å². The summed E-state index contributed by atoms with van der Waals surface area (Å²) in [5, 5.41) is 7.61. The van der Waals surface area contributed by atoms with Gasteiger partial charge < -0.3 is 5.11 Å². The van der Waals surface area contributed by atoms with Crippen molar-refractivity contribution in [2.45, 2.75) is 77.4 Å².